The number of aryl methyl sites for hydroxylation is 1. The van der Waals surface area contributed by atoms with Gasteiger partial charge in [-0.1, -0.05) is 15.9 Å². The van der Waals surface area contributed by atoms with Crippen LogP contribution in [-0.4, -0.2) is 22.4 Å². The average Bonchev–Trinajstić information content (AvgIpc) is 2.45. The third-order valence-corrected chi connectivity index (χ3v) is 4.12. The van der Waals surface area contributed by atoms with Crippen molar-refractivity contribution < 1.29 is 9.53 Å². The Kier molecular flexibility index (Phi) is 5.95. The largest absolute Gasteiger partial charge is 0.486 e. The number of amides is 1. The van der Waals surface area contributed by atoms with Crippen LogP contribution in [-0.2, 0) is 6.61 Å². The fraction of sp³-hybridized carbons (Fsp3) is 0.267. The highest BCUT2D eigenvalue weighted by Crippen LogP contribution is 2.29. The summed E-state index contributed by atoms with van der Waals surface area (Å²) in [5, 5.41) is 2.75. The maximum Gasteiger partial charge on any atom is 0.255 e. The van der Waals surface area contributed by atoms with Crippen LogP contribution in [0, 0.1) is 6.92 Å². The zero-order valence-corrected chi connectivity index (χ0v) is 15.9. The minimum atomic E-state index is -0.238. The standard InChI is InChI=1S/C15H16Br2N4O2/c1-3-19-14(22)13-8(2)20-15(18)21-11(13)7-23-12-5-4-9(16)6-10(12)17/h4-6H,3,7H2,1-2H3,(H,19,22)(H2,18,20,21). The molecule has 0 aliphatic rings. The Morgan fingerprint density at radius 2 is 2.09 bits per heavy atom. The van der Waals surface area contributed by atoms with E-state index in [4.69, 9.17) is 10.5 Å². The third kappa shape index (κ3) is 4.42. The van der Waals surface area contributed by atoms with Gasteiger partial charge in [-0.05, 0) is 48.0 Å². The van der Waals surface area contributed by atoms with Crippen molar-refractivity contribution in [2.24, 2.45) is 0 Å². The van der Waals surface area contributed by atoms with Crippen molar-refractivity contribution in [3.05, 3.63) is 44.1 Å². The second-order valence-corrected chi connectivity index (χ2v) is 6.48. The highest BCUT2D eigenvalue weighted by Gasteiger charge is 2.18. The molecule has 2 rings (SSSR count). The highest BCUT2D eigenvalue weighted by atomic mass is 79.9. The van der Waals surface area contributed by atoms with Crippen molar-refractivity contribution in [2.45, 2.75) is 20.5 Å². The summed E-state index contributed by atoms with van der Waals surface area (Å²) in [6, 6.07) is 5.56. The van der Waals surface area contributed by atoms with Crippen LogP contribution in [0.25, 0.3) is 0 Å². The molecule has 3 N–H and O–H groups in total. The zero-order valence-electron chi connectivity index (χ0n) is 12.7. The number of carbonyl (C=O) groups excluding carboxylic acids is 1. The van der Waals surface area contributed by atoms with E-state index in [-0.39, 0.29) is 18.5 Å². The molecule has 8 heteroatoms. The molecule has 0 aliphatic heterocycles. The number of carbonyl (C=O) groups is 1. The fourth-order valence-electron chi connectivity index (χ4n) is 2.04. The molecule has 0 atom stereocenters. The first-order chi connectivity index (χ1) is 10.9. The predicted molar refractivity (Wildman–Crippen MR) is 95.4 cm³/mol. The maximum atomic E-state index is 12.2. The van der Waals surface area contributed by atoms with Crippen LogP contribution in [0.3, 0.4) is 0 Å². The van der Waals surface area contributed by atoms with Crippen molar-refractivity contribution in [3.63, 3.8) is 0 Å². The number of ether oxygens (including phenoxy) is 1. The summed E-state index contributed by atoms with van der Waals surface area (Å²) in [6.07, 6.45) is 0. The van der Waals surface area contributed by atoms with Gasteiger partial charge in [-0.2, -0.15) is 0 Å². The number of nitrogen functional groups attached to an aromatic ring is 1. The van der Waals surface area contributed by atoms with Gasteiger partial charge in [-0.3, -0.25) is 4.79 Å². The molecule has 0 spiro atoms. The molecule has 1 aromatic heterocycles. The normalized spacial score (nSPS) is 10.4. The molecule has 122 valence electrons. The number of rotatable bonds is 5. The van der Waals surface area contributed by atoms with Gasteiger partial charge >= 0.3 is 0 Å². The molecule has 6 nitrogen and oxygen atoms in total. The lowest BCUT2D eigenvalue weighted by atomic mass is 10.1. The Hall–Kier alpha value is -1.67. The van der Waals surface area contributed by atoms with Gasteiger partial charge in [0.15, 0.2) is 0 Å². The quantitative estimate of drug-likeness (QED) is 0.740. The number of nitrogens with zero attached hydrogens (tertiary/aromatic N) is 2. The van der Waals surface area contributed by atoms with E-state index in [0.29, 0.717) is 29.2 Å². The van der Waals surface area contributed by atoms with Crippen LogP contribution < -0.4 is 15.8 Å². The van der Waals surface area contributed by atoms with Gasteiger partial charge in [0.25, 0.3) is 5.91 Å². The predicted octanol–water partition coefficient (Wildman–Crippen LogP) is 3.22. The molecular weight excluding hydrogens is 428 g/mol. The van der Waals surface area contributed by atoms with Crippen molar-refractivity contribution in [1.82, 2.24) is 15.3 Å². The van der Waals surface area contributed by atoms with Crippen molar-refractivity contribution in [3.8, 4) is 5.75 Å². The van der Waals surface area contributed by atoms with E-state index in [0.717, 1.165) is 8.95 Å². The lowest BCUT2D eigenvalue weighted by Gasteiger charge is -2.13. The lowest BCUT2D eigenvalue weighted by molar-refractivity contribution is 0.0951. The maximum absolute atomic E-state index is 12.2. The van der Waals surface area contributed by atoms with Crippen LogP contribution in [0.15, 0.2) is 27.1 Å². The molecule has 1 heterocycles. The summed E-state index contributed by atoms with van der Waals surface area (Å²) in [5.41, 5.74) is 7.07. The number of halogens is 2. The summed E-state index contributed by atoms with van der Waals surface area (Å²) < 4.78 is 7.49. The highest BCUT2D eigenvalue weighted by molar-refractivity contribution is 9.11. The molecule has 2 aromatic rings. The molecular formula is C15H16Br2N4O2. The molecule has 0 bridgehead atoms. The molecule has 1 amide bonds. The molecule has 0 fully saturated rings. The second kappa shape index (κ2) is 7.74. The van der Waals surface area contributed by atoms with Gasteiger partial charge in [0.2, 0.25) is 5.95 Å². The Bertz CT molecular complexity index is 738. The first-order valence-corrected chi connectivity index (χ1v) is 8.50. The minimum Gasteiger partial charge on any atom is -0.486 e. The van der Waals surface area contributed by atoms with Crippen LogP contribution in [0.5, 0.6) is 5.75 Å². The van der Waals surface area contributed by atoms with Gasteiger partial charge < -0.3 is 15.8 Å². The van der Waals surface area contributed by atoms with Gasteiger partial charge in [0, 0.05) is 11.0 Å². The zero-order chi connectivity index (χ0) is 17.0. The number of hydrogen-bond donors (Lipinski definition) is 2. The van der Waals surface area contributed by atoms with E-state index in [1.807, 2.05) is 25.1 Å². The van der Waals surface area contributed by atoms with Crippen LogP contribution in [0.2, 0.25) is 0 Å². The van der Waals surface area contributed by atoms with Crippen molar-refractivity contribution >= 4 is 43.7 Å². The van der Waals surface area contributed by atoms with Gasteiger partial charge in [0.1, 0.15) is 12.4 Å². The summed E-state index contributed by atoms with van der Waals surface area (Å²) in [4.78, 5) is 20.4. The molecule has 23 heavy (non-hydrogen) atoms. The Balaban J connectivity index is 2.29. The number of anilines is 1. The summed E-state index contributed by atoms with van der Waals surface area (Å²) in [6.45, 7) is 4.20. The summed E-state index contributed by atoms with van der Waals surface area (Å²) >= 11 is 6.81. The second-order valence-electron chi connectivity index (χ2n) is 4.71. The van der Waals surface area contributed by atoms with E-state index in [2.05, 4.69) is 47.1 Å². The Labute approximate surface area is 151 Å². The van der Waals surface area contributed by atoms with Crippen molar-refractivity contribution in [1.29, 1.82) is 0 Å². The molecule has 0 saturated carbocycles. The van der Waals surface area contributed by atoms with Gasteiger partial charge in [-0.15, -0.1) is 0 Å². The van der Waals surface area contributed by atoms with Crippen LogP contribution in [0.1, 0.15) is 28.7 Å². The van der Waals surface area contributed by atoms with Gasteiger partial charge in [-0.25, -0.2) is 9.97 Å². The number of nitrogens with two attached hydrogens (primary N) is 1. The van der Waals surface area contributed by atoms with Gasteiger partial charge in [0.05, 0.1) is 21.4 Å². The monoisotopic (exact) mass is 442 g/mol. The topological polar surface area (TPSA) is 90.1 Å². The van der Waals surface area contributed by atoms with Crippen molar-refractivity contribution in [2.75, 3.05) is 12.3 Å². The average molecular weight is 444 g/mol. The van der Waals surface area contributed by atoms with Crippen LogP contribution in [0.4, 0.5) is 5.95 Å². The van der Waals surface area contributed by atoms with Crippen LogP contribution >= 0.6 is 31.9 Å². The lowest BCUT2D eigenvalue weighted by Crippen LogP contribution is -2.26. The molecule has 1 aromatic carbocycles. The minimum absolute atomic E-state index is 0.111. The Morgan fingerprint density at radius 1 is 1.35 bits per heavy atom. The smallest absolute Gasteiger partial charge is 0.255 e. The summed E-state index contributed by atoms with van der Waals surface area (Å²) in [5.74, 6) is 0.521. The van der Waals surface area contributed by atoms with E-state index < -0.39 is 0 Å². The molecule has 0 radical (unpaired) electrons. The summed E-state index contributed by atoms with van der Waals surface area (Å²) in [7, 11) is 0. The van der Waals surface area contributed by atoms with E-state index in [1.165, 1.54) is 0 Å². The Morgan fingerprint density at radius 3 is 2.74 bits per heavy atom. The number of benzene rings is 1. The SMILES string of the molecule is CCNC(=O)c1c(C)nc(N)nc1COc1ccc(Br)cc1Br. The first kappa shape index (κ1) is 17.7. The third-order valence-electron chi connectivity index (χ3n) is 3.00. The molecule has 0 unspecified atom stereocenters. The molecule has 0 aliphatic carbocycles. The van der Waals surface area contributed by atoms with E-state index >= 15 is 0 Å². The fourth-order valence-corrected chi connectivity index (χ4v) is 3.20. The number of nitrogens with one attached hydrogen (secondary N) is 1. The van der Waals surface area contributed by atoms with E-state index in [1.54, 1.807) is 6.92 Å². The first-order valence-electron chi connectivity index (χ1n) is 6.91. The number of aromatic nitrogens is 2. The molecule has 0 saturated heterocycles. The number of hydrogen-bond acceptors (Lipinski definition) is 5. The van der Waals surface area contributed by atoms with E-state index in [9.17, 15) is 4.79 Å².